The molecule has 0 unspecified atom stereocenters. The maximum Gasteiger partial charge on any atom is 0.0934 e. The molecule has 2 aromatic carbocycles. The van der Waals surface area contributed by atoms with Crippen LogP contribution in [0.15, 0.2) is 65.6 Å². The Labute approximate surface area is 146 Å². The second kappa shape index (κ2) is 8.32. The van der Waals surface area contributed by atoms with Crippen molar-refractivity contribution in [3.63, 3.8) is 0 Å². The van der Waals surface area contributed by atoms with E-state index in [1.807, 2.05) is 23.1 Å². The van der Waals surface area contributed by atoms with Crippen LogP contribution < -0.4 is 0 Å². The van der Waals surface area contributed by atoms with Gasteiger partial charge in [-0.1, -0.05) is 55.5 Å². The van der Waals surface area contributed by atoms with Crippen molar-refractivity contribution in [1.82, 2.24) is 4.98 Å². The molecule has 1 aromatic heterocycles. The minimum absolute atomic E-state index is 1.02. The van der Waals surface area contributed by atoms with E-state index in [4.69, 9.17) is 4.98 Å². The summed E-state index contributed by atoms with van der Waals surface area (Å²) in [6.45, 7) is 2.22. The van der Waals surface area contributed by atoms with E-state index in [0.29, 0.717) is 0 Å². The highest BCUT2D eigenvalue weighted by Crippen LogP contribution is 2.32. The number of hydrogen-bond donors (Lipinski definition) is 0. The molecule has 118 valence electrons. The van der Waals surface area contributed by atoms with Gasteiger partial charge in [-0.3, -0.25) is 0 Å². The van der Waals surface area contributed by atoms with Crippen molar-refractivity contribution in [1.29, 1.82) is 0 Å². The summed E-state index contributed by atoms with van der Waals surface area (Å²) in [6.07, 6.45) is 3.25. The van der Waals surface area contributed by atoms with Crippen molar-refractivity contribution >= 4 is 23.1 Å². The van der Waals surface area contributed by atoms with Gasteiger partial charge in [0, 0.05) is 17.1 Å². The third kappa shape index (κ3) is 4.46. The summed E-state index contributed by atoms with van der Waals surface area (Å²) in [4.78, 5) is 7.59. The Balaban J connectivity index is 1.74. The molecular formula is C20H21NS2. The summed E-state index contributed by atoms with van der Waals surface area (Å²) in [5, 5.41) is 1.27. The number of benzene rings is 2. The molecule has 0 aliphatic heterocycles. The summed E-state index contributed by atoms with van der Waals surface area (Å²) in [5.74, 6) is 1.07. The number of nitrogens with zero attached hydrogens (tertiary/aromatic N) is 1. The third-order valence-electron chi connectivity index (χ3n) is 3.59. The van der Waals surface area contributed by atoms with Gasteiger partial charge >= 0.3 is 0 Å². The first-order chi connectivity index (χ1) is 11.4. The molecule has 3 rings (SSSR count). The van der Waals surface area contributed by atoms with E-state index >= 15 is 0 Å². The van der Waals surface area contributed by atoms with Gasteiger partial charge in [-0.25, -0.2) is 4.98 Å². The Bertz CT molecular complexity index is 720. The van der Waals surface area contributed by atoms with Gasteiger partial charge < -0.3 is 0 Å². The Kier molecular flexibility index (Phi) is 5.89. The van der Waals surface area contributed by atoms with Crippen LogP contribution in [0.4, 0.5) is 0 Å². The highest BCUT2D eigenvalue weighted by Gasteiger charge is 2.12. The largest absolute Gasteiger partial charge is 0.246 e. The molecule has 0 saturated carbocycles. The van der Waals surface area contributed by atoms with Crippen molar-refractivity contribution in [2.75, 3.05) is 5.75 Å². The molecule has 0 aliphatic carbocycles. The topological polar surface area (TPSA) is 12.9 Å². The van der Waals surface area contributed by atoms with Crippen LogP contribution in [-0.2, 0) is 12.8 Å². The van der Waals surface area contributed by atoms with Gasteiger partial charge in [0.25, 0.3) is 0 Å². The molecule has 0 fully saturated rings. The molecule has 0 spiro atoms. The van der Waals surface area contributed by atoms with Gasteiger partial charge in [-0.2, -0.15) is 0 Å². The molecule has 0 bridgehead atoms. The minimum atomic E-state index is 1.02. The van der Waals surface area contributed by atoms with Crippen LogP contribution in [0.2, 0.25) is 0 Å². The molecule has 0 radical (unpaired) electrons. The number of rotatable bonds is 7. The molecule has 23 heavy (non-hydrogen) atoms. The zero-order valence-corrected chi connectivity index (χ0v) is 15.0. The molecule has 0 amide bonds. The molecule has 1 heterocycles. The first kappa shape index (κ1) is 16.3. The van der Waals surface area contributed by atoms with Crippen LogP contribution in [0.1, 0.15) is 24.0 Å². The van der Waals surface area contributed by atoms with E-state index in [2.05, 4.69) is 67.6 Å². The van der Waals surface area contributed by atoms with Gasteiger partial charge in [-0.15, -0.1) is 23.1 Å². The smallest absolute Gasteiger partial charge is 0.0934 e. The molecule has 3 heteroatoms. The highest BCUT2D eigenvalue weighted by atomic mass is 32.2. The lowest BCUT2D eigenvalue weighted by molar-refractivity contribution is 0.895. The number of hydrogen-bond acceptors (Lipinski definition) is 3. The first-order valence-corrected chi connectivity index (χ1v) is 9.89. The maximum atomic E-state index is 4.91. The fourth-order valence-corrected chi connectivity index (χ4v) is 4.59. The quantitative estimate of drug-likeness (QED) is 0.483. The van der Waals surface area contributed by atoms with Crippen LogP contribution in [0.5, 0.6) is 0 Å². The summed E-state index contributed by atoms with van der Waals surface area (Å²) in [5.41, 5.74) is 2.56. The Morgan fingerprint density at radius 1 is 0.913 bits per heavy atom. The third-order valence-corrected chi connectivity index (χ3v) is 5.81. The Hall–Kier alpha value is -1.58. The van der Waals surface area contributed by atoms with E-state index in [1.165, 1.54) is 26.0 Å². The van der Waals surface area contributed by atoms with Gasteiger partial charge in [-0.05, 0) is 30.5 Å². The number of aryl methyl sites for hydroxylation is 2. The number of aromatic nitrogens is 1. The monoisotopic (exact) mass is 339 g/mol. The predicted molar refractivity (Wildman–Crippen MR) is 102 cm³/mol. The molecule has 1 nitrogen and oxygen atoms in total. The molecule has 3 aromatic rings. The molecule has 0 atom stereocenters. The van der Waals surface area contributed by atoms with Gasteiger partial charge in [0.15, 0.2) is 0 Å². The molecule has 0 N–H and O–H groups in total. The average Bonchev–Trinajstić information content (AvgIpc) is 3.00. The minimum Gasteiger partial charge on any atom is -0.246 e. The number of thioether (sulfide) groups is 1. The zero-order valence-electron chi connectivity index (χ0n) is 13.4. The van der Waals surface area contributed by atoms with Crippen molar-refractivity contribution in [2.24, 2.45) is 0 Å². The van der Waals surface area contributed by atoms with Crippen LogP contribution >= 0.6 is 23.1 Å². The summed E-state index contributed by atoms with van der Waals surface area (Å²) >= 11 is 3.77. The van der Waals surface area contributed by atoms with E-state index < -0.39 is 0 Å². The lowest BCUT2D eigenvalue weighted by Gasteiger charge is -2.03. The SMILES string of the molecule is CCCc1nc(CCSc2ccccc2)c(-c2ccccc2)s1. The second-order valence-corrected chi connectivity index (χ2v) is 7.66. The molecule has 0 saturated heterocycles. The Morgan fingerprint density at radius 3 is 2.30 bits per heavy atom. The van der Waals surface area contributed by atoms with E-state index in [1.54, 1.807) is 0 Å². The van der Waals surface area contributed by atoms with Gasteiger partial charge in [0.1, 0.15) is 0 Å². The highest BCUT2D eigenvalue weighted by molar-refractivity contribution is 7.99. The fraction of sp³-hybridized carbons (Fsp3) is 0.250. The summed E-state index contributed by atoms with van der Waals surface area (Å²) < 4.78 is 0. The van der Waals surface area contributed by atoms with Crippen molar-refractivity contribution < 1.29 is 0 Å². The molecular weight excluding hydrogens is 318 g/mol. The van der Waals surface area contributed by atoms with Crippen LogP contribution in [0, 0.1) is 0 Å². The van der Waals surface area contributed by atoms with Gasteiger partial charge in [0.05, 0.1) is 15.6 Å². The van der Waals surface area contributed by atoms with E-state index in [0.717, 1.165) is 25.0 Å². The molecule has 0 aliphatic rings. The predicted octanol–water partition coefficient (Wildman–Crippen LogP) is 6.10. The van der Waals surface area contributed by atoms with Crippen molar-refractivity contribution in [3.8, 4) is 10.4 Å². The van der Waals surface area contributed by atoms with Crippen LogP contribution in [-0.4, -0.2) is 10.7 Å². The number of thiazole rings is 1. The second-order valence-electron chi connectivity index (χ2n) is 5.41. The van der Waals surface area contributed by atoms with Crippen LogP contribution in [0.25, 0.3) is 10.4 Å². The van der Waals surface area contributed by atoms with Crippen molar-refractivity contribution in [2.45, 2.75) is 31.1 Å². The lowest BCUT2D eigenvalue weighted by Crippen LogP contribution is -1.92. The normalized spacial score (nSPS) is 10.8. The van der Waals surface area contributed by atoms with E-state index in [9.17, 15) is 0 Å². The fourth-order valence-electron chi connectivity index (χ4n) is 2.49. The maximum absolute atomic E-state index is 4.91. The standard InChI is InChI=1S/C20H21NS2/c1-2-9-19-21-18(14-15-22-17-12-7-4-8-13-17)20(23-19)16-10-5-3-6-11-16/h3-8,10-13H,2,9,14-15H2,1H3. The van der Waals surface area contributed by atoms with Gasteiger partial charge in [0.2, 0.25) is 0 Å². The zero-order chi connectivity index (χ0) is 15.9. The van der Waals surface area contributed by atoms with Crippen molar-refractivity contribution in [3.05, 3.63) is 71.4 Å². The Morgan fingerprint density at radius 2 is 1.61 bits per heavy atom. The summed E-state index contributed by atoms with van der Waals surface area (Å²) in [6, 6.07) is 21.3. The average molecular weight is 340 g/mol. The first-order valence-electron chi connectivity index (χ1n) is 8.08. The van der Waals surface area contributed by atoms with Crippen LogP contribution in [0.3, 0.4) is 0 Å². The lowest BCUT2D eigenvalue weighted by atomic mass is 10.1. The summed E-state index contributed by atoms with van der Waals surface area (Å²) in [7, 11) is 0. The van der Waals surface area contributed by atoms with E-state index in [-0.39, 0.29) is 0 Å².